The van der Waals surface area contributed by atoms with Crippen LogP contribution in [0, 0.1) is 5.92 Å². The van der Waals surface area contributed by atoms with Crippen molar-refractivity contribution < 1.29 is 23.1 Å². The average Bonchev–Trinajstić information content (AvgIpc) is 2.97. The number of carboxylic acids is 1. The second-order valence-corrected chi connectivity index (χ2v) is 5.19. The van der Waals surface area contributed by atoms with Crippen molar-refractivity contribution in [2.75, 3.05) is 20.3 Å². The van der Waals surface area contributed by atoms with Gasteiger partial charge in [0.15, 0.2) is 0 Å². The molecule has 0 spiro atoms. The molecule has 16 heavy (non-hydrogen) atoms. The largest absolute Gasteiger partial charge is 0.480 e. The third-order valence-corrected chi connectivity index (χ3v) is 3.39. The highest BCUT2D eigenvalue weighted by atomic mass is 32.2. The van der Waals surface area contributed by atoms with Gasteiger partial charge in [0.2, 0.25) is 0 Å². The number of carboxylic acid groups (broad SMARTS) is 1. The SMILES string of the molecule is COCCNS(=O)(=O)NC(C(=O)O)C1CC1. The van der Waals surface area contributed by atoms with E-state index >= 15 is 0 Å². The fourth-order valence-electron chi connectivity index (χ4n) is 1.26. The molecule has 1 aliphatic carbocycles. The average molecular weight is 252 g/mol. The molecule has 1 aliphatic rings. The van der Waals surface area contributed by atoms with Gasteiger partial charge in [0, 0.05) is 13.7 Å². The molecule has 1 rings (SSSR count). The molecule has 0 aromatic rings. The zero-order chi connectivity index (χ0) is 12.2. The molecule has 0 bridgehead atoms. The summed E-state index contributed by atoms with van der Waals surface area (Å²) in [4.78, 5) is 10.8. The summed E-state index contributed by atoms with van der Waals surface area (Å²) < 4.78 is 31.8. The van der Waals surface area contributed by atoms with Crippen molar-refractivity contribution in [2.45, 2.75) is 18.9 Å². The quantitative estimate of drug-likeness (QED) is 0.477. The number of hydrogen-bond donors (Lipinski definition) is 3. The van der Waals surface area contributed by atoms with E-state index in [0.717, 1.165) is 12.8 Å². The van der Waals surface area contributed by atoms with Crippen molar-refractivity contribution in [3.8, 4) is 0 Å². The number of ether oxygens (including phenoxy) is 1. The number of aliphatic carboxylic acids is 1. The molecule has 0 heterocycles. The molecule has 1 fully saturated rings. The summed E-state index contributed by atoms with van der Waals surface area (Å²) in [6, 6.07) is -1.03. The highest BCUT2D eigenvalue weighted by molar-refractivity contribution is 7.87. The molecule has 0 radical (unpaired) electrons. The summed E-state index contributed by atoms with van der Waals surface area (Å²) in [5.41, 5.74) is 0. The van der Waals surface area contributed by atoms with Crippen molar-refractivity contribution in [3.05, 3.63) is 0 Å². The van der Waals surface area contributed by atoms with Crippen molar-refractivity contribution in [1.82, 2.24) is 9.44 Å². The van der Waals surface area contributed by atoms with Gasteiger partial charge in [-0.25, -0.2) is 0 Å². The highest BCUT2D eigenvalue weighted by Crippen LogP contribution is 2.32. The minimum absolute atomic E-state index is 0.0866. The van der Waals surface area contributed by atoms with E-state index in [-0.39, 0.29) is 19.1 Å². The molecule has 3 N–H and O–H groups in total. The van der Waals surface area contributed by atoms with E-state index in [0.29, 0.717) is 0 Å². The van der Waals surface area contributed by atoms with Crippen LogP contribution in [0.2, 0.25) is 0 Å². The first-order valence-corrected chi connectivity index (χ1v) is 6.43. The van der Waals surface area contributed by atoms with Crippen LogP contribution in [0.4, 0.5) is 0 Å². The van der Waals surface area contributed by atoms with Gasteiger partial charge < -0.3 is 9.84 Å². The predicted molar refractivity (Wildman–Crippen MR) is 56.1 cm³/mol. The smallest absolute Gasteiger partial charge is 0.322 e. The lowest BCUT2D eigenvalue weighted by molar-refractivity contribution is -0.139. The minimum atomic E-state index is -3.76. The summed E-state index contributed by atoms with van der Waals surface area (Å²) in [5, 5.41) is 8.84. The number of methoxy groups -OCH3 is 1. The van der Waals surface area contributed by atoms with Gasteiger partial charge >= 0.3 is 5.97 Å². The molecule has 94 valence electrons. The molecular weight excluding hydrogens is 236 g/mol. The molecule has 7 nitrogen and oxygen atoms in total. The third-order valence-electron chi connectivity index (χ3n) is 2.24. The topological polar surface area (TPSA) is 105 Å². The summed E-state index contributed by atoms with van der Waals surface area (Å²) in [6.45, 7) is 0.352. The Kier molecular flexibility index (Phi) is 4.66. The van der Waals surface area contributed by atoms with Crippen LogP contribution >= 0.6 is 0 Å². The van der Waals surface area contributed by atoms with E-state index in [2.05, 4.69) is 14.2 Å². The summed E-state index contributed by atoms with van der Waals surface area (Å²) in [6.07, 6.45) is 1.50. The molecular formula is C8H16N2O5S. The molecule has 0 aromatic carbocycles. The van der Waals surface area contributed by atoms with Gasteiger partial charge in [-0.2, -0.15) is 17.9 Å². The van der Waals surface area contributed by atoms with E-state index in [9.17, 15) is 13.2 Å². The van der Waals surface area contributed by atoms with Crippen molar-refractivity contribution in [1.29, 1.82) is 0 Å². The minimum Gasteiger partial charge on any atom is -0.480 e. The van der Waals surface area contributed by atoms with Crippen LogP contribution < -0.4 is 9.44 Å². The van der Waals surface area contributed by atoms with E-state index in [1.165, 1.54) is 7.11 Å². The van der Waals surface area contributed by atoms with Gasteiger partial charge in [0.25, 0.3) is 10.2 Å². The Morgan fingerprint density at radius 2 is 2.19 bits per heavy atom. The predicted octanol–water partition coefficient (Wildman–Crippen LogP) is -1.08. The van der Waals surface area contributed by atoms with Gasteiger partial charge in [-0.05, 0) is 18.8 Å². The number of nitrogens with one attached hydrogen (secondary N) is 2. The number of rotatable bonds is 8. The van der Waals surface area contributed by atoms with Gasteiger partial charge in [0.05, 0.1) is 6.61 Å². The first-order valence-electron chi connectivity index (χ1n) is 4.95. The third kappa shape index (κ3) is 4.44. The summed E-state index contributed by atoms with van der Waals surface area (Å²) >= 11 is 0. The fourth-order valence-corrected chi connectivity index (χ4v) is 2.33. The summed E-state index contributed by atoms with van der Waals surface area (Å²) in [5.74, 6) is -1.23. The van der Waals surface area contributed by atoms with Gasteiger partial charge in [-0.15, -0.1) is 0 Å². The van der Waals surface area contributed by atoms with E-state index < -0.39 is 22.2 Å². The van der Waals surface area contributed by atoms with Crippen molar-refractivity contribution >= 4 is 16.2 Å². The lowest BCUT2D eigenvalue weighted by Gasteiger charge is -2.14. The molecule has 0 aromatic heterocycles. The molecule has 0 saturated heterocycles. The molecule has 8 heteroatoms. The first kappa shape index (κ1) is 13.4. The standard InChI is InChI=1S/C8H16N2O5S/c1-15-5-4-9-16(13,14)10-7(8(11)12)6-2-3-6/h6-7,9-10H,2-5H2,1H3,(H,11,12). The zero-order valence-corrected chi connectivity index (χ0v) is 9.79. The van der Waals surface area contributed by atoms with Crippen LogP contribution in [0.25, 0.3) is 0 Å². The first-order chi connectivity index (χ1) is 7.46. The molecule has 1 atom stereocenters. The Balaban J connectivity index is 2.46. The monoisotopic (exact) mass is 252 g/mol. The highest BCUT2D eigenvalue weighted by Gasteiger charge is 2.38. The Bertz CT molecular complexity index is 338. The van der Waals surface area contributed by atoms with E-state index in [1.807, 2.05) is 0 Å². The van der Waals surface area contributed by atoms with Gasteiger partial charge in [-0.1, -0.05) is 0 Å². The molecule has 1 saturated carbocycles. The maximum Gasteiger partial charge on any atom is 0.322 e. The van der Waals surface area contributed by atoms with E-state index in [4.69, 9.17) is 5.11 Å². The second kappa shape index (κ2) is 5.58. The molecule has 0 aliphatic heterocycles. The zero-order valence-electron chi connectivity index (χ0n) is 8.97. The Morgan fingerprint density at radius 1 is 1.56 bits per heavy atom. The van der Waals surface area contributed by atoms with Crippen LogP contribution in [0.1, 0.15) is 12.8 Å². The number of carbonyl (C=O) groups is 1. The Labute approximate surface area is 94.4 Å². The van der Waals surface area contributed by atoms with Crippen molar-refractivity contribution in [2.24, 2.45) is 5.92 Å². The van der Waals surface area contributed by atoms with E-state index in [1.54, 1.807) is 0 Å². The van der Waals surface area contributed by atoms with Crippen LogP contribution in [0.3, 0.4) is 0 Å². The van der Waals surface area contributed by atoms with Crippen LogP contribution in [-0.4, -0.2) is 45.8 Å². The van der Waals surface area contributed by atoms with Crippen LogP contribution in [0.15, 0.2) is 0 Å². The second-order valence-electron chi connectivity index (χ2n) is 3.66. The lowest BCUT2D eigenvalue weighted by atomic mass is 10.2. The van der Waals surface area contributed by atoms with Crippen molar-refractivity contribution in [3.63, 3.8) is 0 Å². The summed E-state index contributed by atoms with van der Waals surface area (Å²) in [7, 11) is -2.31. The lowest BCUT2D eigenvalue weighted by Crippen LogP contribution is -2.48. The maximum absolute atomic E-state index is 11.4. The van der Waals surface area contributed by atoms with Crippen LogP contribution in [-0.2, 0) is 19.7 Å². The normalized spacial score (nSPS) is 18.3. The van der Waals surface area contributed by atoms with Gasteiger partial charge in [-0.3, -0.25) is 4.79 Å². The Hall–Kier alpha value is -0.700. The Morgan fingerprint density at radius 3 is 2.62 bits per heavy atom. The number of hydrogen-bond acceptors (Lipinski definition) is 4. The maximum atomic E-state index is 11.4. The van der Waals surface area contributed by atoms with Gasteiger partial charge in [0.1, 0.15) is 6.04 Å². The molecule has 1 unspecified atom stereocenters. The van der Waals surface area contributed by atoms with Crippen LogP contribution in [0.5, 0.6) is 0 Å². The molecule has 0 amide bonds. The fraction of sp³-hybridized carbons (Fsp3) is 0.875.